The average molecular weight is 342 g/mol. The summed E-state index contributed by atoms with van der Waals surface area (Å²) in [6.45, 7) is 5.02. The second kappa shape index (κ2) is 7.37. The number of nitrogens with one attached hydrogen (secondary N) is 3. The van der Waals surface area contributed by atoms with E-state index in [1.807, 2.05) is 38.1 Å². The first-order valence-electron chi connectivity index (χ1n) is 8.77. The molecule has 2 bridgehead atoms. The predicted molar refractivity (Wildman–Crippen MR) is 98.5 cm³/mol. The summed E-state index contributed by atoms with van der Waals surface area (Å²) in [6, 6.07) is 8.01. The van der Waals surface area contributed by atoms with Crippen LogP contribution in [0.3, 0.4) is 0 Å². The minimum atomic E-state index is -0.461. The van der Waals surface area contributed by atoms with Crippen molar-refractivity contribution in [2.24, 2.45) is 11.7 Å². The van der Waals surface area contributed by atoms with Crippen LogP contribution < -0.4 is 16.4 Å². The lowest BCUT2D eigenvalue weighted by Gasteiger charge is -2.23. The van der Waals surface area contributed by atoms with Crippen LogP contribution in [0.1, 0.15) is 38.4 Å². The summed E-state index contributed by atoms with van der Waals surface area (Å²) < 4.78 is 5.98. The standard InChI is InChI=1S/C19H26N4O2/c1-11(2)7-13(20)8-16(21)19(24)23-14-5-3-12(4-6-14)18-17-9-15(25-18)10-22-17/h3-6,8,11,15,17-18,21-22H,7,9-10,20H2,1-2H3,(H,23,24)/t15-,17-,18+/m1/s1. The van der Waals surface area contributed by atoms with Crippen LogP contribution in [0, 0.1) is 11.3 Å². The molecule has 3 rings (SSSR count). The first kappa shape index (κ1) is 17.6. The van der Waals surface area contributed by atoms with E-state index in [0.29, 0.717) is 35.9 Å². The molecule has 1 amide bonds. The Morgan fingerprint density at radius 2 is 2.16 bits per heavy atom. The van der Waals surface area contributed by atoms with E-state index in [2.05, 4.69) is 10.6 Å². The molecule has 0 saturated carbocycles. The second-order valence-electron chi connectivity index (χ2n) is 7.24. The molecule has 5 N–H and O–H groups in total. The summed E-state index contributed by atoms with van der Waals surface area (Å²) in [5.74, 6) is -0.0699. The van der Waals surface area contributed by atoms with Gasteiger partial charge in [0, 0.05) is 24.0 Å². The van der Waals surface area contributed by atoms with E-state index in [0.717, 1.165) is 18.5 Å². The van der Waals surface area contributed by atoms with Gasteiger partial charge in [-0.15, -0.1) is 0 Å². The number of anilines is 1. The maximum atomic E-state index is 12.1. The number of hydrogen-bond acceptors (Lipinski definition) is 5. The highest BCUT2D eigenvalue weighted by molar-refractivity contribution is 6.46. The number of carbonyl (C=O) groups excluding carboxylic acids is 1. The number of nitrogens with two attached hydrogens (primary N) is 1. The maximum absolute atomic E-state index is 12.1. The molecule has 0 aromatic heterocycles. The molecule has 3 atom stereocenters. The van der Waals surface area contributed by atoms with Crippen LogP contribution in [0.5, 0.6) is 0 Å². The molecule has 134 valence electrons. The Morgan fingerprint density at radius 3 is 2.72 bits per heavy atom. The maximum Gasteiger partial charge on any atom is 0.273 e. The van der Waals surface area contributed by atoms with Crippen LogP contribution in [0.2, 0.25) is 0 Å². The summed E-state index contributed by atoms with van der Waals surface area (Å²) >= 11 is 0. The van der Waals surface area contributed by atoms with Gasteiger partial charge in [-0.3, -0.25) is 10.2 Å². The average Bonchev–Trinajstić information content (AvgIpc) is 3.17. The molecule has 2 aliphatic rings. The number of hydrogen-bond donors (Lipinski definition) is 4. The van der Waals surface area contributed by atoms with Crippen LogP contribution >= 0.6 is 0 Å². The molecule has 1 aromatic carbocycles. The molecule has 0 radical (unpaired) electrons. The van der Waals surface area contributed by atoms with Crippen LogP contribution in [0.15, 0.2) is 36.0 Å². The molecule has 2 heterocycles. The minimum absolute atomic E-state index is 0.0839. The largest absolute Gasteiger partial charge is 0.402 e. The molecule has 2 saturated heterocycles. The smallest absolute Gasteiger partial charge is 0.273 e. The highest BCUT2D eigenvalue weighted by Crippen LogP contribution is 2.36. The first-order chi connectivity index (χ1) is 11.9. The Labute approximate surface area is 148 Å². The number of ether oxygens (including phenoxy) is 1. The van der Waals surface area contributed by atoms with Gasteiger partial charge in [-0.05, 0) is 42.5 Å². The van der Waals surface area contributed by atoms with Gasteiger partial charge >= 0.3 is 0 Å². The van der Waals surface area contributed by atoms with Crippen molar-refractivity contribution < 1.29 is 9.53 Å². The van der Waals surface area contributed by atoms with Crippen LogP contribution in [0.4, 0.5) is 5.69 Å². The SMILES string of the molecule is CC(C)CC(N)=CC(=N)C(=O)Nc1ccc([C@@H]2O[C@H]3CN[C@@H]2C3)cc1. The highest BCUT2D eigenvalue weighted by atomic mass is 16.5. The zero-order valence-corrected chi connectivity index (χ0v) is 14.7. The van der Waals surface area contributed by atoms with Gasteiger partial charge in [0.05, 0.1) is 12.2 Å². The van der Waals surface area contributed by atoms with E-state index < -0.39 is 5.91 Å². The van der Waals surface area contributed by atoms with Crippen molar-refractivity contribution in [1.29, 1.82) is 5.41 Å². The zero-order chi connectivity index (χ0) is 18.0. The normalized spacial score (nSPS) is 25.4. The third-order valence-electron chi connectivity index (χ3n) is 4.54. The summed E-state index contributed by atoms with van der Waals surface area (Å²) in [4.78, 5) is 12.1. The summed E-state index contributed by atoms with van der Waals surface area (Å²) in [5, 5.41) is 14.0. The van der Waals surface area contributed by atoms with Crippen molar-refractivity contribution in [1.82, 2.24) is 5.32 Å². The third-order valence-corrected chi connectivity index (χ3v) is 4.54. The Balaban J connectivity index is 1.58. The Bertz CT molecular complexity index is 681. The van der Waals surface area contributed by atoms with Crippen molar-refractivity contribution in [3.8, 4) is 0 Å². The zero-order valence-electron chi connectivity index (χ0n) is 14.7. The molecule has 6 heteroatoms. The van der Waals surface area contributed by atoms with Gasteiger partial charge in [0.1, 0.15) is 5.71 Å². The molecular formula is C19H26N4O2. The van der Waals surface area contributed by atoms with Crippen molar-refractivity contribution in [2.75, 3.05) is 11.9 Å². The van der Waals surface area contributed by atoms with Crippen molar-refractivity contribution >= 4 is 17.3 Å². The van der Waals surface area contributed by atoms with E-state index in [-0.39, 0.29) is 11.8 Å². The highest BCUT2D eigenvalue weighted by Gasteiger charge is 2.41. The number of benzene rings is 1. The van der Waals surface area contributed by atoms with E-state index >= 15 is 0 Å². The molecule has 2 aliphatic heterocycles. The fraction of sp³-hybridized carbons (Fsp3) is 0.474. The Hall–Kier alpha value is -2.18. The van der Waals surface area contributed by atoms with Gasteiger partial charge in [-0.1, -0.05) is 26.0 Å². The number of fused-ring (bicyclic) bond motifs is 2. The number of carbonyl (C=O) groups is 1. The molecule has 6 nitrogen and oxygen atoms in total. The predicted octanol–water partition coefficient (Wildman–Crippen LogP) is 2.34. The topological polar surface area (TPSA) is 100 Å². The number of rotatable bonds is 6. The number of amides is 1. The van der Waals surface area contributed by atoms with Gasteiger partial charge in [0.2, 0.25) is 0 Å². The first-order valence-corrected chi connectivity index (χ1v) is 8.77. The van der Waals surface area contributed by atoms with Crippen molar-refractivity contribution in [2.45, 2.75) is 44.9 Å². The molecule has 1 aromatic rings. The number of allylic oxidation sites excluding steroid dienone is 1. The summed E-state index contributed by atoms with van der Waals surface area (Å²) in [6.07, 6.45) is 3.56. The Morgan fingerprint density at radius 1 is 1.44 bits per heavy atom. The monoisotopic (exact) mass is 342 g/mol. The molecule has 0 aliphatic carbocycles. The van der Waals surface area contributed by atoms with Gasteiger partial charge in [0.25, 0.3) is 5.91 Å². The lowest BCUT2D eigenvalue weighted by molar-refractivity contribution is -0.110. The van der Waals surface area contributed by atoms with Gasteiger partial charge in [-0.25, -0.2) is 0 Å². The minimum Gasteiger partial charge on any atom is -0.402 e. The van der Waals surface area contributed by atoms with Crippen molar-refractivity contribution in [3.05, 3.63) is 41.6 Å². The van der Waals surface area contributed by atoms with Gasteiger partial charge in [0.15, 0.2) is 0 Å². The summed E-state index contributed by atoms with van der Waals surface area (Å²) in [7, 11) is 0. The molecule has 0 spiro atoms. The van der Waals surface area contributed by atoms with E-state index in [4.69, 9.17) is 15.9 Å². The fourth-order valence-corrected chi connectivity index (χ4v) is 3.42. The van der Waals surface area contributed by atoms with E-state index in [1.165, 1.54) is 6.08 Å². The molecular weight excluding hydrogens is 316 g/mol. The Kier molecular flexibility index (Phi) is 5.20. The van der Waals surface area contributed by atoms with Crippen LogP contribution in [-0.2, 0) is 9.53 Å². The molecule has 2 fully saturated rings. The fourth-order valence-electron chi connectivity index (χ4n) is 3.42. The van der Waals surface area contributed by atoms with Gasteiger partial charge < -0.3 is 21.1 Å². The van der Waals surface area contributed by atoms with Crippen molar-refractivity contribution in [3.63, 3.8) is 0 Å². The molecule has 0 unspecified atom stereocenters. The van der Waals surface area contributed by atoms with E-state index in [1.54, 1.807) is 0 Å². The van der Waals surface area contributed by atoms with Gasteiger partial charge in [-0.2, -0.15) is 0 Å². The summed E-state index contributed by atoms with van der Waals surface area (Å²) in [5.41, 5.74) is 8.02. The number of morpholine rings is 1. The van der Waals surface area contributed by atoms with Crippen LogP contribution in [0.25, 0.3) is 0 Å². The second-order valence-corrected chi connectivity index (χ2v) is 7.24. The lowest BCUT2D eigenvalue weighted by atomic mass is 10.0. The van der Waals surface area contributed by atoms with E-state index in [9.17, 15) is 4.79 Å². The quantitative estimate of drug-likeness (QED) is 0.596. The molecule has 25 heavy (non-hydrogen) atoms. The third kappa shape index (κ3) is 4.27. The van der Waals surface area contributed by atoms with Crippen LogP contribution in [-0.4, -0.2) is 30.3 Å². The lowest BCUT2D eigenvalue weighted by Crippen LogP contribution is -2.33.